The van der Waals surface area contributed by atoms with Gasteiger partial charge in [-0.2, -0.15) is 0 Å². The van der Waals surface area contributed by atoms with Crippen LogP contribution in [0.25, 0.3) is 0 Å². The first-order valence-electron chi connectivity index (χ1n) is 3.99. The summed E-state index contributed by atoms with van der Waals surface area (Å²) in [5.41, 5.74) is 6.52. The van der Waals surface area contributed by atoms with Crippen LogP contribution in [-0.2, 0) is 6.54 Å². The highest BCUT2D eigenvalue weighted by Crippen LogP contribution is 2.12. The van der Waals surface area contributed by atoms with Gasteiger partial charge in [-0.05, 0) is 6.92 Å². The lowest BCUT2D eigenvalue weighted by Gasteiger charge is -2.17. The van der Waals surface area contributed by atoms with Crippen LogP contribution in [0.3, 0.4) is 0 Å². The van der Waals surface area contributed by atoms with Gasteiger partial charge in [0.05, 0.1) is 0 Å². The molecule has 1 aromatic heterocycles. The lowest BCUT2D eigenvalue weighted by molar-refractivity contribution is 0.894. The maximum Gasteiger partial charge on any atom is 0.136 e. The van der Waals surface area contributed by atoms with Crippen molar-refractivity contribution in [2.24, 2.45) is 5.73 Å². The average Bonchev–Trinajstić information content (AvgIpc) is 2.16. The molecule has 0 saturated carbocycles. The third-order valence-corrected chi connectivity index (χ3v) is 1.82. The molecule has 0 aromatic carbocycles. The fourth-order valence-electron chi connectivity index (χ4n) is 0.989. The lowest BCUT2D eigenvalue weighted by atomic mass is 10.3. The van der Waals surface area contributed by atoms with Crippen molar-refractivity contribution in [3.8, 4) is 0 Å². The third kappa shape index (κ3) is 1.71. The predicted molar refractivity (Wildman–Crippen MR) is 48.9 cm³/mol. The van der Waals surface area contributed by atoms with E-state index in [9.17, 15) is 0 Å². The first-order chi connectivity index (χ1) is 5.79. The van der Waals surface area contributed by atoms with Crippen LogP contribution in [0.5, 0.6) is 0 Å². The van der Waals surface area contributed by atoms with Gasteiger partial charge in [0.2, 0.25) is 0 Å². The van der Waals surface area contributed by atoms with Crippen molar-refractivity contribution in [1.29, 1.82) is 0 Å². The molecule has 0 saturated heterocycles. The standard InChI is InChI=1S/C8H14N4/c1-3-12(2)8-7(4-9)5-10-6-11-8/h5-6H,3-4,9H2,1-2H3. The molecule has 0 aliphatic rings. The van der Waals surface area contributed by atoms with E-state index < -0.39 is 0 Å². The largest absolute Gasteiger partial charge is 0.360 e. The van der Waals surface area contributed by atoms with Gasteiger partial charge in [-0.1, -0.05) is 0 Å². The van der Waals surface area contributed by atoms with Crippen molar-refractivity contribution in [2.45, 2.75) is 13.5 Å². The van der Waals surface area contributed by atoms with E-state index in [1.807, 2.05) is 11.9 Å². The molecule has 0 unspecified atom stereocenters. The number of hydrogen-bond donors (Lipinski definition) is 1. The smallest absolute Gasteiger partial charge is 0.136 e. The van der Waals surface area contributed by atoms with Crippen molar-refractivity contribution in [3.05, 3.63) is 18.1 Å². The van der Waals surface area contributed by atoms with E-state index in [0.717, 1.165) is 17.9 Å². The quantitative estimate of drug-likeness (QED) is 0.705. The Kier molecular flexibility index (Phi) is 2.99. The van der Waals surface area contributed by atoms with Gasteiger partial charge in [-0.3, -0.25) is 0 Å². The number of nitrogens with two attached hydrogens (primary N) is 1. The number of aromatic nitrogens is 2. The zero-order valence-electron chi connectivity index (χ0n) is 7.49. The molecule has 1 rings (SSSR count). The average molecular weight is 166 g/mol. The van der Waals surface area contributed by atoms with Gasteiger partial charge >= 0.3 is 0 Å². The molecule has 0 atom stereocenters. The fraction of sp³-hybridized carbons (Fsp3) is 0.500. The third-order valence-electron chi connectivity index (χ3n) is 1.82. The molecule has 0 aliphatic carbocycles. The van der Waals surface area contributed by atoms with Crippen LogP contribution >= 0.6 is 0 Å². The Balaban J connectivity index is 2.96. The van der Waals surface area contributed by atoms with Crippen molar-refractivity contribution in [2.75, 3.05) is 18.5 Å². The summed E-state index contributed by atoms with van der Waals surface area (Å²) in [6, 6.07) is 0. The second-order valence-electron chi connectivity index (χ2n) is 2.59. The number of anilines is 1. The second-order valence-corrected chi connectivity index (χ2v) is 2.59. The summed E-state index contributed by atoms with van der Waals surface area (Å²) in [6.07, 6.45) is 3.30. The van der Waals surface area contributed by atoms with E-state index in [4.69, 9.17) is 5.73 Å². The van der Waals surface area contributed by atoms with E-state index in [-0.39, 0.29) is 0 Å². The minimum absolute atomic E-state index is 0.487. The zero-order chi connectivity index (χ0) is 8.97. The van der Waals surface area contributed by atoms with E-state index in [2.05, 4.69) is 16.9 Å². The van der Waals surface area contributed by atoms with E-state index in [0.29, 0.717) is 6.54 Å². The molecule has 12 heavy (non-hydrogen) atoms. The van der Waals surface area contributed by atoms with E-state index in [1.54, 1.807) is 12.5 Å². The van der Waals surface area contributed by atoms with Gasteiger partial charge in [0.25, 0.3) is 0 Å². The topological polar surface area (TPSA) is 55.0 Å². The summed E-state index contributed by atoms with van der Waals surface area (Å²) in [4.78, 5) is 10.1. The van der Waals surface area contributed by atoms with Gasteiger partial charge in [0.15, 0.2) is 0 Å². The summed E-state index contributed by atoms with van der Waals surface area (Å²) in [5, 5.41) is 0. The fourth-order valence-corrected chi connectivity index (χ4v) is 0.989. The molecule has 0 fully saturated rings. The molecule has 4 nitrogen and oxygen atoms in total. The minimum Gasteiger partial charge on any atom is -0.360 e. The van der Waals surface area contributed by atoms with Crippen LogP contribution in [0.4, 0.5) is 5.82 Å². The normalized spacial score (nSPS) is 9.92. The number of nitrogens with zero attached hydrogens (tertiary/aromatic N) is 3. The molecule has 66 valence electrons. The van der Waals surface area contributed by atoms with Gasteiger partial charge in [0, 0.05) is 31.9 Å². The molecule has 4 heteroatoms. The molecule has 0 aliphatic heterocycles. The van der Waals surface area contributed by atoms with E-state index in [1.165, 1.54) is 0 Å². The molecular formula is C8H14N4. The van der Waals surface area contributed by atoms with Crippen molar-refractivity contribution in [3.63, 3.8) is 0 Å². The lowest BCUT2D eigenvalue weighted by Crippen LogP contribution is -2.20. The Morgan fingerprint density at radius 3 is 2.92 bits per heavy atom. The maximum absolute atomic E-state index is 5.54. The summed E-state index contributed by atoms with van der Waals surface area (Å²) >= 11 is 0. The molecule has 2 N–H and O–H groups in total. The Morgan fingerprint density at radius 1 is 1.58 bits per heavy atom. The number of rotatable bonds is 3. The van der Waals surface area contributed by atoms with Crippen molar-refractivity contribution >= 4 is 5.82 Å². The highest BCUT2D eigenvalue weighted by molar-refractivity contribution is 5.44. The van der Waals surface area contributed by atoms with Gasteiger partial charge in [0.1, 0.15) is 12.1 Å². The molecule has 0 radical (unpaired) electrons. The molecule has 0 amide bonds. The van der Waals surface area contributed by atoms with Crippen molar-refractivity contribution < 1.29 is 0 Å². The molecule has 0 spiro atoms. The predicted octanol–water partition coefficient (Wildman–Crippen LogP) is 0.391. The first kappa shape index (κ1) is 8.93. The Hall–Kier alpha value is -1.16. The van der Waals surface area contributed by atoms with Gasteiger partial charge in [-0.25, -0.2) is 9.97 Å². The summed E-state index contributed by atoms with van der Waals surface area (Å²) in [7, 11) is 1.99. The minimum atomic E-state index is 0.487. The summed E-state index contributed by atoms with van der Waals surface area (Å²) in [5.74, 6) is 0.926. The molecular weight excluding hydrogens is 152 g/mol. The SMILES string of the molecule is CCN(C)c1ncncc1CN. The van der Waals surface area contributed by atoms with Crippen molar-refractivity contribution in [1.82, 2.24) is 9.97 Å². The Bertz CT molecular complexity index is 249. The highest BCUT2D eigenvalue weighted by Gasteiger charge is 2.04. The first-order valence-corrected chi connectivity index (χ1v) is 3.99. The van der Waals surface area contributed by atoms with Crippen LogP contribution in [0, 0.1) is 0 Å². The van der Waals surface area contributed by atoms with Crippen LogP contribution in [-0.4, -0.2) is 23.6 Å². The molecule has 1 heterocycles. The van der Waals surface area contributed by atoms with Crippen LogP contribution in [0.2, 0.25) is 0 Å². The maximum atomic E-state index is 5.54. The van der Waals surface area contributed by atoms with Gasteiger partial charge in [-0.15, -0.1) is 0 Å². The van der Waals surface area contributed by atoms with Gasteiger partial charge < -0.3 is 10.6 Å². The van der Waals surface area contributed by atoms with E-state index >= 15 is 0 Å². The molecule has 0 bridgehead atoms. The zero-order valence-corrected chi connectivity index (χ0v) is 7.49. The Labute approximate surface area is 72.4 Å². The summed E-state index contributed by atoms with van der Waals surface area (Å²) < 4.78 is 0. The van der Waals surface area contributed by atoms with Crippen LogP contribution < -0.4 is 10.6 Å². The van der Waals surface area contributed by atoms with Crippen LogP contribution in [0.1, 0.15) is 12.5 Å². The highest BCUT2D eigenvalue weighted by atomic mass is 15.2. The van der Waals surface area contributed by atoms with Crippen LogP contribution in [0.15, 0.2) is 12.5 Å². The number of hydrogen-bond acceptors (Lipinski definition) is 4. The second kappa shape index (κ2) is 4.01. The Morgan fingerprint density at radius 2 is 2.33 bits per heavy atom. The summed E-state index contributed by atoms with van der Waals surface area (Å²) in [6.45, 7) is 3.48. The monoisotopic (exact) mass is 166 g/mol. The molecule has 1 aromatic rings.